The first-order chi connectivity index (χ1) is 19.9. The van der Waals surface area contributed by atoms with Gasteiger partial charge in [0.1, 0.15) is 43.0 Å². The lowest BCUT2D eigenvalue weighted by atomic mass is 9.94. The number of hydrogen-bond donors (Lipinski definition) is 0. The van der Waals surface area contributed by atoms with Crippen LogP contribution in [0.3, 0.4) is 0 Å². The average molecular weight is 604 g/mol. The van der Waals surface area contributed by atoms with Crippen molar-refractivity contribution in [2.24, 2.45) is 0 Å². The van der Waals surface area contributed by atoms with E-state index in [1.807, 2.05) is 6.92 Å². The molecular formula is C28H29NO12S. The maximum Gasteiger partial charge on any atom is 0.303 e. The van der Waals surface area contributed by atoms with Crippen molar-refractivity contribution >= 4 is 46.2 Å². The maximum absolute atomic E-state index is 13.1. The van der Waals surface area contributed by atoms with Gasteiger partial charge in [-0.15, -0.1) is 11.3 Å². The summed E-state index contributed by atoms with van der Waals surface area (Å²) in [7, 11) is 0. The Morgan fingerprint density at radius 1 is 0.881 bits per heavy atom. The maximum atomic E-state index is 13.1. The van der Waals surface area contributed by atoms with E-state index in [2.05, 4.69) is 4.98 Å². The molecule has 13 nitrogen and oxygen atoms in total. The van der Waals surface area contributed by atoms with Crippen LogP contribution in [0.4, 0.5) is 0 Å². The summed E-state index contributed by atoms with van der Waals surface area (Å²) < 4.78 is 39.0. The molecule has 0 aliphatic carbocycles. The number of nitrogens with zero attached hydrogens (tertiary/aromatic N) is 1. The Morgan fingerprint density at radius 2 is 1.50 bits per heavy atom. The molecule has 1 aliphatic rings. The summed E-state index contributed by atoms with van der Waals surface area (Å²) in [6, 6.07) is 4.62. The van der Waals surface area contributed by atoms with Crippen LogP contribution in [0, 0.1) is 6.92 Å². The molecule has 3 aromatic rings. The molecule has 3 heterocycles. The lowest BCUT2D eigenvalue weighted by molar-refractivity contribution is -0.255. The SMILES string of the molecule is CC(=O)OC[C@@H]1O[C@H](COc2ccc3c(=O)c(-c4csc(C)n4)coc3c2)[C@H](OC(C)=O)[C@@H](OC(C)=O)[C@H]1OC(C)=O. The van der Waals surface area contributed by atoms with Crippen molar-refractivity contribution in [2.45, 2.75) is 65.1 Å². The molecule has 0 bridgehead atoms. The zero-order valence-electron chi connectivity index (χ0n) is 23.4. The first-order valence-electron chi connectivity index (χ1n) is 12.8. The highest BCUT2D eigenvalue weighted by Gasteiger charge is 2.52. The Hall–Kier alpha value is -4.30. The Balaban J connectivity index is 1.61. The van der Waals surface area contributed by atoms with Gasteiger partial charge in [-0.2, -0.15) is 0 Å². The lowest BCUT2D eigenvalue weighted by Crippen LogP contribution is -2.63. The van der Waals surface area contributed by atoms with Crippen molar-refractivity contribution in [1.29, 1.82) is 0 Å². The Bertz CT molecular complexity index is 1550. The van der Waals surface area contributed by atoms with Crippen molar-refractivity contribution in [1.82, 2.24) is 4.98 Å². The van der Waals surface area contributed by atoms with Gasteiger partial charge in [-0.3, -0.25) is 24.0 Å². The van der Waals surface area contributed by atoms with Crippen LogP contribution in [-0.2, 0) is 42.9 Å². The highest BCUT2D eigenvalue weighted by molar-refractivity contribution is 7.09. The van der Waals surface area contributed by atoms with Crippen LogP contribution in [0.2, 0.25) is 0 Å². The summed E-state index contributed by atoms with van der Waals surface area (Å²) in [6.07, 6.45) is -4.65. The molecule has 0 saturated carbocycles. The first-order valence-corrected chi connectivity index (χ1v) is 13.7. The molecule has 0 spiro atoms. The number of ether oxygens (including phenoxy) is 6. The quantitative estimate of drug-likeness (QED) is 0.259. The van der Waals surface area contributed by atoms with Gasteiger partial charge in [0, 0.05) is 39.1 Å². The summed E-state index contributed by atoms with van der Waals surface area (Å²) in [5.41, 5.74) is 0.859. The Labute approximate surface area is 243 Å². The second-order valence-electron chi connectivity index (χ2n) is 9.44. The Kier molecular flexibility index (Phi) is 9.58. The van der Waals surface area contributed by atoms with E-state index in [0.717, 1.165) is 25.8 Å². The van der Waals surface area contributed by atoms with E-state index in [0.29, 0.717) is 16.6 Å². The summed E-state index contributed by atoms with van der Waals surface area (Å²) in [5, 5.41) is 2.91. The van der Waals surface area contributed by atoms with E-state index in [4.69, 9.17) is 32.8 Å². The molecule has 0 unspecified atom stereocenters. The van der Waals surface area contributed by atoms with Crippen LogP contribution < -0.4 is 10.2 Å². The number of fused-ring (bicyclic) bond motifs is 1. The summed E-state index contributed by atoms with van der Waals surface area (Å²) in [5.74, 6) is -2.51. The smallest absolute Gasteiger partial charge is 0.303 e. The monoisotopic (exact) mass is 603 g/mol. The molecule has 0 N–H and O–H groups in total. The molecule has 1 aromatic carbocycles. The summed E-state index contributed by atoms with van der Waals surface area (Å²) in [4.78, 5) is 64.8. The number of rotatable bonds is 9. The normalized spacial score (nSPS) is 21.8. The minimum Gasteiger partial charge on any atom is -0.491 e. The van der Waals surface area contributed by atoms with Gasteiger partial charge in [0.05, 0.1) is 21.7 Å². The van der Waals surface area contributed by atoms with Gasteiger partial charge in [-0.1, -0.05) is 0 Å². The van der Waals surface area contributed by atoms with E-state index in [9.17, 15) is 24.0 Å². The third-order valence-electron chi connectivity index (χ3n) is 6.14. The fraction of sp³-hybridized carbons (Fsp3) is 0.429. The van der Waals surface area contributed by atoms with E-state index in [-0.39, 0.29) is 30.0 Å². The summed E-state index contributed by atoms with van der Waals surface area (Å²) in [6.45, 7) is 5.87. The van der Waals surface area contributed by atoms with Crippen molar-refractivity contribution in [3.8, 4) is 17.0 Å². The average Bonchev–Trinajstić information content (AvgIpc) is 3.34. The second kappa shape index (κ2) is 13.1. The van der Waals surface area contributed by atoms with Gasteiger partial charge in [0.25, 0.3) is 0 Å². The molecule has 0 radical (unpaired) electrons. The standard InChI is InChI=1S/C28H29NO12S/c1-13-29-21(12-42-13)20-9-37-22-8-18(6-7-19(22)25(20)34)36-11-24-27(39-16(4)32)28(40-17(5)33)26(38-15(3)31)23(41-24)10-35-14(2)30/h6-9,12,23-24,26-28H,10-11H2,1-5H3/t23-,24+,26-,27-,28-/m0/s1. The second-order valence-corrected chi connectivity index (χ2v) is 10.5. The number of aryl methyl sites for hydroxylation is 1. The van der Waals surface area contributed by atoms with Gasteiger partial charge < -0.3 is 32.8 Å². The van der Waals surface area contributed by atoms with Crippen LogP contribution in [0.25, 0.3) is 22.2 Å². The molecule has 224 valence electrons. The van der Waals surface area contributed by atoms with Crippen molar-refractivity contribution in [3.63, 3.8) is 0 Å². The van der Waals surface area contributed by atoms with E-state index in [1.54, 1.807) is 17.5 Å². The van der Waals surface area contributed by atoms with Crippen molar-refractivity contribution in [2.75, 3.05) is 13.2 Å². The van der Waals surface area contributed by atoms with Gasteiger partial charge in [-0.25, -0.2) is 4.98 Å². The third-order valence-corrected chi connectivity index (χ3v) is 6.92. The molecule has 4 rings (SSSR count). The number of carbonyl (C=O) groups is 4. The molecule has 42 heavy (non-hydrogen) atoms. The molecule has 2 aromatic heterocycles. The van der Waals surface area contributed by atoms with Crippen LogP contribution >= 0.6 is 11.3 Å². The minimum atomic E-state index is -1.30. The summed E-state index contributed by atoms with van der Waals surface area (Å²) >= 11 is 1.42. The van der Waals surface area contributed by atoms with Gasteiger partial charge in [-0.05, 0) is 19.1 Å². The van der Waals surface area contributed by atoms with Crippen LogP contribution in [-0.4, -0.2) is 72.6 Å². The van der Waals surface area contributed by atoms with Crippen LogP contribution in [0.5, 0.6) is 5.75 Å². The number of thiazole rings is 1. The highest BCUT2D eigenvalue weighted by Crippen LogP contribution is 2.31. The zero-order chi connectivity index (χ0) is 30.6. The van der Waals surface area contributed by atoms with E-state index >= 15 is 0 Å². The highest BCUT2D eigenvalue weighted by atomic mass is 32.1. The number of carbonyl (C=O) groups excluding carboxylic acids is 4. The minimum absolute atomic E-state index is 0.245. The molecule has 1 saturated heterocycles. The zero-order valence-corrected chi connectivity index (χ0v) is 24.3. The van der Waals surface area contributed by atoms with Gasteiger partial charge >= 0.3 is 23.9 Å². The number of hydrogen-bond acceptors (Lipinski definition) is 14. The molecule has 14 heteroatoms. The van der Waals surface area contributed by atoms with Crippen LogP contribution in [0.15, 0.2) is 39.1 Å². The number of aromatic nitrogens is 1. The molecule has 1 fully saturated rings. The Morgan fingerprint density at radius 3 is 2.07 bits per heavy atom. The molecule has 0 amide bonds. The fourth-order valence-electron chi connectivity index (χ4n) is 4.49. The predicted molar refractivity (Wildman–Crippen MR) is 146 cm³/mol. The molecule has 5 atom stereocenters. The van der Waals surface area contributed by atoms with E-state index < -0.39 is 54.4 Å². The van der Waals surface area contributed by atoms with Gasteiger partial charge in [0.2, 0.25) is 5.43 Å². The third kappa shape index (κ3) is 7.31. The molecule has 1 aliphatic heterocycles. The van der Waals surface area contributed by atoms with E-state index in [1.165, 1.54) is 30.6 Å². The van der Waals surface area contributed by atoms with Crippen LogP contribution in [0.1, 0.15) is 32.7 Å². The fourth-order valence-corrected chi connectivity index (χ4v) is 5.11. The topological polar surface area (TPSA) is 167 Å². The lowest BCUT2D eigenvalue weighted by Gasteiger charge is -2.44. The predicted octanol–water partition coefficient (Wildman–Crippen LogP) is 2.73. The number of esters is 4. The molecular weight excluding hydrogens is 574 g/mol. The van der Waals surface area contributed by atoms with Crippen molar-refractivity contribution in [3.05, 3.63) is 45.1 Å². The van der Waals surface area contributed by atoms with Crippen molar-refractivity contribution < 1.29 is 52.0 Å². The number of benzene rings is 1. The largest absolute Gasteiger partial charge is 0.491 e. The van der Waals surface area contributed by atoms with Gasteiger partial charge in [0.15, 0.2) is 18.3 Å². The first kappa shape index (κ1) is 30.7.